The third-order valence-corrected chi connectivity index (χ3v) is 2.91. The highest BCUT2D eigenvalue weighted by molar-refractivity contribution is 6.30. The number of benzene rings is 1. The number of nitrogens with one attached hydrogen (secondary N) is 1. The van der Waals surface area contributed by atoms with Gasteiger partial charge in [0.2, 0.25) is 0 Å². The van der Waals surface area contributed by atoms with Crippen LogP contribution in [0.3, 0.4) is 0 Å². The lowest BCUT2D eigenvalue weighted by atomic mass is 10.1. The predicted octanol–water partition coefficient (Wildman–Crippen LogP) is 3.46. The number of halogens is 1. The summed E-state index contributed by atoms with van der Waals surface area (Å²) < 4.78 is 0. The number of aromatic nitrogens is 2. The van der Waals surface area contributed by atoms with Gasteiger partial charge in [0.25, 0.3) is 0 Å². The zero-order valence-corrected chi connectivity index (χ0v) is 10.8. The van der Waals surface area contributed by atoms with Crippen LogP contribution in [0.4, 0.5) is 5.82 Å². The molecule has 3 nitrogen and oxygen atoms in total. The van der Waals surface area contributed by atoms with Crippen LogP contribution >= 0.6 is 11.6 Å². The van der Waals surface area contributed by atoms with Crippen molar-refractivity contribution in [2.45, 2.75) is 13.8 Å². The second-order valence-corrected chi connectivity index (χ2v) is 4.28. The van der Waals surface area contributed by atoms with Crippen LogP contribution < -0.4 is 5.32 Å². The van der Waals surface area contributed by atoms with Gasteiger partial charge in [0.1, 0.15) is 5.69 Å². The number of aryl methyl sites for hydroxylation is 2. The van der Waals surface area contributed by atoms with Crippen LogP contribution in [0.1, 0.15) is 11.4 Å². The maximum absolute atomic E-state index is 5.88. The van der Waals surface area contributed by atoms with Crippen molar-refractivity contribution in [3.05, 3.63) is 40.7 Å². The third kappa shape index (κ3) is 2.39. The molecule has 1 heterocycles. The summed E-state index contributed by atoms with van der Waals surface area (Å²) in [5.74, 6) is 0.787. The van der Waals surface area contributed by atoms with Crippen LogP contribution in [0.2, 0.25) is 5.02 Å². The number of hydrogen-bond acceptors (Lipinski definition) is 3. The molecule has 2 rings (SSSR count). The summed E-state index contributed by atoms with van der Waals surface area (Å²) >= 11 is 5.88. The van der Waals surface area contributed by atoms with Crippen molar-refractivity contribution in [3.8, 4) is 11.3 Å². The quantitative estimate of drug-likeness (QED) is 0.883. The Morgan fingerprint density at radius 3 is 2.18 bits per heavy atom. The molecule has 0 atom stereocenters. The van der Waals surface area contributed by atoms with E-state index in [9.17, 15) is 0 Å². The second-order valence-electron chi connectivity index (χ2n) is 3.85. The smallest absolute Gasteiger partial charge is 0.152 e. The topological polar surface area (TPSA) is 37.8 Å². The molecule has 0 bridgehead atoms. The summed E-state index contributed by atoms with van der Waals surface area (Å²) in [4.78, 5) is 9.06. The van der Waals surface area contributed by atoms with Gasteiger partial charge in [-0.1, -0.05) is 23.7 Å². The van der Waals surface area contributed by atoms with Crippen molar-refractivity contribution in [1.29, 1.82) is 0 Å². The summed E-state index contributed by atoms with van der Waals surface area (Å²) in [7, 11) is 1.85. The molecule has 88 valence electrons. The van der Waals surface area contributed by atoms with E-state index < -0.39 is 0 Å². The molecule has 4 heteroatoms. The minimum Gasteiger partial charge on any atom is -0.371 e. The molecule has 2 aromatic rings. The van der Waals surface area contributed by atoms with Crippen molar-refractivity contribution in [1.82, 2.24) is 9.97 Å². The lowest BCUT2D eigenvalue weighted by Crippen LogP contribution is -2.02. The van der Waals surface area contributed by atoms with Gasteiger partial charge in [0.15, 0.2) is 5.82 Å². The highest BCUT2D eigenvalue weighted by atomic mass is 35.5. The first-order chi connectivity index (χ1) is 8.11. The molecule has 0 saturated heterocycles. The van der Waals surface area contributed by atoms with E-state index in [-0.39, 0.29) is 0 Å². The molecule has 0 unspecified atom stereocenters. The highest BCUT2D eigenvalue weighted by Crippen LogP contribution is 2.26. The average Bonchev–Trinajstić information content (AvgIpc) is 2.33. The van der Waals surface area contributed by atoms with Crippen LogP contribution in [0.25, 0.3) is 11.3 Å². The molecule has 1 aromatic heterocycles. The monoisotopic (exact) mass is 247 g/mol. The van der Waals surface area contributed by atoms with Gasteiger partial charge in [-0.05, 0) is 26.0 Å². The minimum absolute atomic E-state index is 0.719. The van der Waals surface area contributed by atoms with Crippen LogP contribution in [0.5, 0.6) is 0 Å². The van der Waals surface area contributed by atoms with Gasteiger partial charge >= 0.3 is 0 Å². The highest BCUT2D eigenvalue weighted by Gasteiger charge is 2.09. The lowest BCUT2D eigenvalue weighted by molar-refractivity contribution is 1.05. The van der Waals surface area contributed by atoms with E-state index in [1.54, 1.807) is 0 Å². The van der Waals surface area contributed by atoms with Crippen molar-refractivity contribution in [2.75, 3.05) is 12.4 Å². The largest absolute Gasteiger partial charge is 0.371 e. The Morgan fingerprint density at radius 2 is 1.59 bits per heavy atom. The van der Waals surface area contributed by atoms with Crippen LogP contribution in [0, 0.1) is 13.8 Å². The number of hydrogen-bond donors (Lipinski definition) is 1. The fraction of sp³-hybridized carbons (Fsp3) is 0.231. The first kappa shape index (κ1) is 11.9. The Hall–Kier alpha value is -1.61. The van der Waals surface area contributed by atoms with Gasteiger partial charge in [-0.3, -0.25) is 0 Å². The fourth-order valence-electron chi connectivity index (χ4n) is 1.59. The molecule has 1 aromatic carbocycles. The van der Waals surface area contributed by atoms with E-state index in [0.29, 0.717) is 0 Å². The minimum atomic E-state index is 0.719. The Labute approximate surface area is 106 Å². The van der Waals surface area contributed by atoms with Crippen LogP contribution in [-0.2, 0) is 0 Å². The zero-order valence-electron chi connectivity index (χ0n) is 10.1. The standard InChI is InChI=1S/C13H14ClN3/c1-8-9(2)17-13(15-3)12(16-8)10-4-6-11(14)7-5-10/h4-7H,1-3H3,(H,15,17). The molecule has 0 fully saturated rings. The number of nitrogens with zero attached hydrogens (tertiary/aromatic N) is 2. The molecule has 0 aliphatic heterocycles. The summed E-state index contributed by atoms with van der Waals surface area (Å²) in [6.45, 7) is 3.91. The summed E-state index contributed by atoms with van der Waals surface area (Å²) in [5, 5.41) is 3.79. The predicted molar refractivity (Wildman–Crippen MR) is 71.5 cm³/mol. The second kappa shape index (κ2) is 4.72. The summed E-state index contributed by atoms with van der Waals surface area (Å²) in [6, 6.07) is 7.60. The Balaban J connectivity index is 2.57. The van der Waals surface area contributed by atoms with E-state index in [0.717, 1.165) is 33.5 Å². The van der Waals surface area contributed by atoms with Crippen molar-refractivity contribution < 1.29 is 0 Å². The number of anilines is 1. The molecular weight excluding hydrogens is 234 g/mol. The van der Waals surface area contributed by atoms with E-state index in [1.165, 1.54) is 0 Å². The summed E-state index contributed by atoms with van der Waals surface area (Å²) in [5.41, 5.74) is 3.74. The maximum atomic E-state index is 5.88. The zero-order chi connectivity index (χ0) is 12.4. The third-order valence-electron chi connectivity index (χ3n) is 2.66. The van der Waals surface area contributed by atoms with Gasteiger partial charge < -0.3 is 5.32 Å². The average molecular weight is 248 g/mol. The first-order valence-corrected chi connectivity index (χ1v) is 5.78. The Morgan fingerprint density at radius 1 is 1.00 bits per heavy atom. The molecular formula is C13H14ClN3. The van der Waals surface area contributed by atoms with E-state index in [4.69, 9.17) is 11.6 Å². The van der Waals surface area contributed by atoms with Gasteiger partial charge in [-0.15, -0.1) is 0 Å². The molecule has 0 radical (unpaired) electrons. The molecule has 1 N–H and O–H groups in total. The molecule has 0 amide bonds. The first-order valence-electron chi connectivity index (χ1n) is 5.40. The molecule has 17 heavy (non-hydrogen) atoms. The van der Waals surface area contributed by atoms with Crippen LogP contribution in [0.15, 0.2) is 24.3 Å². The molecule has 0 saturated carbocycles. The molecule has 0 aliphatic rings. The Kier molecular flexibility index (Phi) is 3.29. The summed E-state index contributed by atoms with van der Waals surface area (Å²) in [6.07, 6.45) is 0. The molecule has 0 aliphatic carbocycles. The van der Waals surface area contributed by atoms with E-state index in [2.05, 4.69) is 15.3 Å². The normalized spacial score (nSPS) is 10.4. The van der Waals surface area contributed by atoms with Crippen molar-refractivity contribution in [2.24, 2.45) is 0 Å². The maximum Gasteiger partial charge on any atom is 0.152 e. The van der Waals surface area contributed by atoms with Gasteiger partial charge in [0, 0.05) is 17.6 Å². The lowest BCUT2D eigenvalue weighted by Gasteiger charge is -2.10. The number of rotatable bonds is 2. The van der Waals surface area contributed by atoms with Crippen LogP contribution in [-0.4, -0.2) is 17.0 Å². The van der Waals surface area contributed by atoms with Gasteiger partial charge in [-0.25, -0.2) is 9.97 Å². The van der Waals surface area contributed by atoms with Gasteiger partial charge in [-0.2, -0.15) is 0 Å². The molecule has 0 spiro atoms. The van der Waals surface area contributed by atoms with E-state index in [1.807, 2.05) is 45.2 Å². The fourth-order valence-corrected chi connectivity index (χ4v) is 1.71. The Bertz CT molecular complexity index is 535. The SMILES string of the molecule is CNc1nc(C)c(C)nc1-c1ccc(Cl)cc1. The van der Waals surface area contributed by atoms with Crippen molar-refractivity contribution >= 4 is 17.4 Å². The van der Waals surface area contributed by atoms with E-state index >= 15 is 0 Å². The van der Waals surface area contributed by atoms with Gasteiger partial charge in [0.05, 0.1) is 11.4 Å². The van der Waals surface area contributed by atoms with Crippen molar-refractivity contribution in [3.63, 3.8) is 0 Å².